The second kappa shape index (κ2) is 3.69. The fourth-order valence-electron chi connectivity index (χ4n) is 1.19. The quantitative estimate of drug-likeness (QED) is 0.605. The molecular formula is C7H13NO3. The maximum absolute atomic E-state index is 10.3. The average Bonchev–Trinajstić information content (AvgIpc) is 1.85. The number of hydrogen-bond donors (Lipinski definition) is 1. The molecule has 1 N–H and O–H groups in total. The van der Waals surface area contributed by atoms with E-state index in [2.05, 4.69) is 4.90 Å². The summed E-state index contributed by atoms with van der Waals surface area (Å²) in [6, 6.07) is 0. The molecule has 1 aliphatic heterocycles. The molecule has 0 amide bonds. The van der Waals surface area contributed by atoms with Crippen molar-refractivity contribution in [2.75, 3.05) is 26.7 Å². The van der Waals surface area contributed by atoms with Gasteiger partial charge in [-0.2, -0.15) is 0 Å². The Morgan fingerprint density at radius 1 is 1.82 bits per heavy atom. The van der Waals surface area contributed by atoms with Gasteiger partial charge in [-0.3, -0.25) is 4.79 Å². The highest BCUT2D eigenvalue weighted by Gasteiger charge is 2.19. The number of ether oxygens (including phenoxy) is 1. The van der Waals surface area contributed by atoms with Gasteiger partial charge in [-0.1, -0.05) is 0 Å². The Balaban J connectivity index is 2.28. The van der Waals surface area contributed by atoms with Crippen molar-refractivity contribution in [3.8, 4) is 0 Å². The van der Waals surface area contributed by atoms with E-state index in [-0.39, 0.29) is 12.5 Å². The molecule has 0 bridgehead atoms. The van der Waals surface area contributed by atoms with Crippen LogP contribution in [-0.4, -0.2) is 48.8 Å². The third-order valence-electron chi connectivity index (χ3n) is 1.74. The van der Waals surface area contributed by atoms with Crippen LogP contribution >= 0.6 is 0 Å². The molecule has 0 aromatic carbocycles. The molecule has 0 aliphatic carbocycles. The lowest BCUT2D eigenvalue weighted by Crippen LogP contribution is -2.40. The molecule has 64 valence electrons. The number of rotatable bonds is 2. The van der Waals surface area contributed by atoms with Gasteiger partial charge in [-0.15, -0.1) is 0 Å². The van der Waals surface area contributed by atoms with E-state index in [9.17, 15) is 4.79 Å². The first-order chi connectivity index (χ1) is 5.18. The Labute approximate surface area is 65.8 Å². The maximum atomic E-state index is 10.3. The first-order valence-corrected chi connectivity index (χ1v) is 3.70. The number of carboxylic acids is 1. The van der Waals surface area contributed by atoms with Crippen molar-refractivity contribution in [1.82, 2.24) is 4.90 Å². The number of morpholine rings is 1. The van der Waals surface area contributed by atoms with Gasteiger partial charge < -0.3 is 14.7 Å². The number of aliphatic carboxylic acids is 1. The lowest BCUT2D eigenvalue weighted by molar-refractivity contribution is -0.141. The minimum atomic E-state index is -0.787. The molecule has 0 aromatic rings. The molecule has 0 saturated carbocycles. The number of likely N-dealkylation sites (N-methyl/N-ethyl adjacent to an activating group) is 1. The number of hydrogen-bond acceptors (Lipinski definition) is 3. The highest BCUT2D eigenvalue weighted by molar-refractivity contribution is 5.67. The third kappa shape index (κ3) is 2.86. The van der Waals surface area contributed by atoms with Gasteiger partial charge >= 0.3 is 5.97 Å². The second-order valence-electron chi connectivity index (χ2n) is 2.85. The number of nitrogens with zero attached hydrogens (tertiary/aromatic N) is 1. The van der Waals surface area contributed by atoms with Gasteiger partial charge in [0.1, 0.15) is 0 Å². The molecule has 0 spiro atoms. The third-order valence-corrected chi connectivity index (χ3v) is 1.74. The first kappa shape index (κ1) is 8.49. The largest absolute Gasteiger partial charge is 0.481 e. The maximum Gasteiger partial charge on any atom is 0.306 e. The Hall–Kier alpha value is -0.610. The molecule has 1 atom stereocenters. The second-order valence-corrected chi connectivity index (χ2v) is 2.85. The lowest BCUT2D eigenvalue weighted by Gasteiger charge is -2.28. The Morgan fingerprint density at radius 3 is 3.09 bits per heavy atom. The summed E-state index contributed by atoms with van der Waals surface area (Å²) in [6.45, 7) is 2.27. The van der Waals surface area contributed by atoms with Crippen molar-refractivity contribution in [3.63, 3.8) is 0 Å². The van der Waals surface area contributed by atoms with Crippen LogP contribution in [0.15, 0.2) is 0 Å². The van der Waals surface area contributed by atoms with Gasteiger partial charge in [-0.25, -0.2) is 0 Å². The smallest absolute Gasteiger partial charge is 0.306 e. The van der Waals surface area contributed by atoms with Gasteiger partial charge in [-0.05, 0) is 7.05 Å². The topological polar surface area (TPSA) is 49.8 Å². The lowest BCUT2D eigenvalue weighted by atomic mass is 10.2. The Bertz CT molecular complexity index is 149. The van der Waals surface area contributed by atoms with Crippen molar-refractivity contribution in [2.45, 2.75) is 12.5 Å². The zero-order valence-electron chi connectivity index (χ0n) is 6.62. The highest BCUT2D eigenvalue weighted by atomic mass is 16.5. The molecule has 0 radical (unpaired) electrons. The van der Waals surface area contributed by atoms with E-state index < -0.39 is 5.97 Å². The summed E-state index contributed by atoms with van der Waals surface area (Å²) >= 11 is 0. The van der Waals surface area contributed by atoms with Crippen molar-refractivity contribution in [2.24, 2.45) is 0 Å². The van der Waals surface area contributed by atoms with Gasteiger partial charge in [0, 0.05) is 13.1 Å². The van der Waals surface area contributed by atoms with Gasteiger partial charge in [0.2, 0.25) is 0 Å². The zero-order chi connectivity index (χ0) is 8.27. The molecule has 0 aromatic heterocycles. The fraction of sp³-hybridized carbons (Fsp3) is 0.857. The molecule has 4 heteroatoms. The standard InChI is InChI=1S/C7H13NO3/c1-8-2-3-11-6(5-8)4-7(9)10/h6H,2-5H2,1H3,(H,9,10)/t6-/m1/s1. The van der Waals surface area contributed by atoms with E-state index >= 15 is 0 Å². The molecule has 1 heterocycles. The van der Waals surface area contributed by atoms with Crippen LogP contribution in [0.5, 0.6) is 0 Å². The predicted octanol–water partition coefficient (Wildman–Crippen LogP) is -0.208. The van der Waals surface area contributed by atoms with E-state index in [0.717, 1.165) is 13.1 Å². The van der Waals surface area contributed by atoms with Gasteiger partial charge in [0.05, 0.1) is 19.1 Å². The summed E-state index contributed by atoms with van der Waals surface area (Å²) in [5, 5.41) is 8.45. The van der Waals surface area contributed by atoms with E-state index in [0.29, 0.717) is 6.61 Å². The zero-order valence-corrected chi connectivity index (χ0v) is 6.62. The SMILES string of the molecule is CN1CCO[C@H](CC(=O)O)C1. The first-order valence-electron chi connectivity index (χ1n) is 3.70. The summed E-state index contributed by atoms with van der Waals surface area (Å²) in [7, 11) is 1.97. The summed E-state index contributed by atoms with van der Waals surface area (Å²) in [6.07, 6.45) is -0.00380. The molecule has 1 rings (SSSR count). The molecule has 0 unspecified atom stereocenters. The van der Waals surface area contributed by atoms with E-state index in [1.165, 1.54) is 0 Å². The van der Waals surface area contributed by atoms with Crippen LogP contribution < -0.4 is 0 Å². The van der Waals surface area contributed by atoms with Crippen LogP contribution in [0.25, 0.3) is 0 Å². The van der Waals surface area contributed by atoms with Gasteiger partial charge in [0.15, 0.2) is 0 Å². The molecular weight excluding hydrogens is 146 g/mol. The van der Waals surface area contributed by atoms with Crippen LogP contribution in [0.4, 0.5) is 0 Å². The fourth-order valence-corrected chi connectivity index (χ4v) is 1.19. The molecule has 1 fully saturated rings. The normalized spacial score (nSPS) is 26.8. The monoisotopic (exact) mass is 159 g/mol. The van der Waals surface area contributed by atoms with Crippen LogP contribution in [-0.2, 0) is 9.53 Å². The predicted molar refractivity (Wildman–Crippen MR) is 39.5 cm³/mol. The van der Waals surface area contributed by atoms with Crippen molar-refractivity contribution in [1.29, 1.82) is 0 Å². The van der Waals surface area contributed by atoms with Crippen molar-refractivity contribution in [3.05, 3.63) is 0 Å². The average molecular weight is 159 g/mol. The van der Waals surface area contributed by atoms with Crippen LogP contribution in [0.3, 0.4) is 0 Å². The highest BCUT2D eigenvalue weighted by Crippen LogP contribution is 2.06. The molecule has 4 nitrogen and oxygen atoms in total. The Kier molecular flexibility index (Phi) is 2.84. The number of carboxylic acid groups (broad SMARTS) is 1. The van der Waals surface area contributed by atoms with Crippen LogP contribution in [0.1, 0.15) is 6.42 Å². The summed E-state index contributed by atoms with van der Waals surface area (Å²) < 4.78 is 5.24. The van der Waals surface area contributed by atoms with Gasteiger partial charge in [0.25, 0.3) is 0 Å². The van der Waals surface area contributed by atoms with E-state index in [1.54, 1.807) is 0 Å². The van der Waals surface area contributed by atoms with Crippen LogP contribution in [0.2, 0.25) is 0 Å². The van der Waals surface area contributed by atoms with E-state index in [4.69, 9.17) is 9.84 Å². The minimum Gasteiger partial charge on any atom is -0.481 e. The summed E-state index contributed by atoms with van der Waals surface area (Å²) in [4.78, 5) is 12.4. The molecule has 1 aliphatic rings. The number of carbonyl (C=O) groups is 1. The van der Waals surface area contributed by atoms with Crippen molar-refractivity contribution >= 4 is 5.97 Å². The summed E-state index contributed by atoms with van der Waals surface area (Å²) in [5.74, 6) is -0.787. The van der Waals surface area contributed by atoms with Crippen LogP contribution in [0, 0.1) is 0 Å². The molecule has 11 heavy (non-hydrogen) atoms. The minimum absolute atomic E-state index is 0.115. The van der Waals surface area contributed by atoms with E-state index in [1.807, 2.05) is 7.05 Å². The summed E-state index contributed by atoms with van der Waals surface area (Å²) in [5.41, 5.74) is 0. The Morgan fingerprint density at radius 2 is 2.55 bits per heavy atom. The van der Waals surface area contributed by atoms with Crippen molar-refractivity contribution < 1.29 is 14.6 Å². The molecule has 1 saturated heterocycles.